The van der Waals surface area contributed by atoms with Crippen LogP contribution in [0, 0.1) is 6.42 Å². The number of aromatic nitrogens is 2. The molecule has 1 fully saturated rings. The van der Waals surface area contributed by atoms with E-state index in [2.05, 4.69) is 10.3 Å². The Balaban J connectivity index is 1.72. The Bertz CT molecular complexity index is 748. The first-order chi connectivity index (χ1) is 11.2. The van der Waals surface area contributed by atoms with Crippen LogP contribution < -0.4 is 11.0 Å². The van der Waals surface area contributed by atoms with Crippen LogP contribution >= 0.6 is 11.8 Å². The first-order valence-corrected chi connectivity index (χ1v) is 8.17. The summed E-state index contributed by atoms with van der Waals surface area (Å²) in [5.74, 6) is -0.0787. The molecule has 7 heteroatoms. The number of rotatable bonds is 4. The number of anilines is 1. The highest BCUT2D eigenvalue weighted by molar-refractivity contribution is 8.00. The molecule has 1 radical (unpaired) electrons. The lowest BCUT2D eigenvalue weighted by molar-refractivity contribution is 0.102. The molecular weight excluding hydrogens is 314 g/mol. The maximum absolute atomic E-state index is 12.2. The second-order valence-corrected chi connectivity index (χ2v) is 6.53. The number of nitrogens with zero attached hydrogens (tertiary/aromatic N) is 2. The fourth-order valence-corrected chi connectivity index (χ4v) is 3.58. The van der Waals surface area contributed by atoms with Gasteiger partial charge < -0.3 is 10.4 Å². The van der Waals surface area contributed by atoms with Crippen LogP contribution in [0.25, 0.3) is 0 Å². The van der Waals surface area contributed by atoms with E-state index in [1.165, 1.54) is 16.3 Å². The van der Waals surface area contributed by atoms with Crippen molar-refractivity contribution in [2.75, 3.05) is 11.9 Å². The molecule has 1 aromatic heterocycles. The van der Waals surface area contributed by atoms with Gasteiger partial charge in [-0.1, -0.05) is 18.2 Å². The summed E-state index contributed by atoms with van der Waals surface area (Å²) in [6, 6.07) is 10.4. The Morgan fingerprint density at radius 2 is 2.13 bits per heavy atom. The number of aliphatic hydroxyl groups excluding tert-OH is 1. The third kappa shape index (κ3) is 3.62. The van der Waals surface area contributed by atoms with E-state index in [1.54, 1.807) is 36.5 Å². The first kappa shape index (κ1) is 15.8. The van der Waals surface area contributed by atoms with E-state index < -0.39 is 5.69 Å². The van der Waals surface area contributed by atoms with Crippen LogP contribution in [0.3, 0.4) is 0 Å². The van der Waals surface area contributed by atoms with Gasteiger partial charge in [-0.05, 0) is 31.0 Å². The van der Waals surface area contributed by atoms with Crippen LogP contribution in [0.2, 0.25) is 0 Å². The molecule has 1 aliphatic rings. The molecule has 119 valence electrons. The molecule has 23 heavy (non-hydrogen) atoms. The molecule has 3 rings (SSSR count). The van der Waals surface area contributed by atoms with E-state index in [0.717, 1.165) is 0 Å². The number of thioether (sulfide) groups is 1. The van der Waals surface area contributed by atoms with Gasteiger partial charge in [-0.2, -0.15) is 4.98 Å². The summed E-state index contributed by atoms with van der Waals surface area (Å²) >= 11 is 1.52. The number of hydrogen-bond donors (Lipinski definition) is 2. The smallest absolute Gasteiger partial charge is 0.350 e. The highest BCUT2D eigenvalue weighted by atomic mass is 32.2. The monoisotopic (exact) mass is 330 g/mol. The summed E-state index contributed by atoms with van der Waals surface area (Å²) < 4.78 is 1.52. The number of aliphatic hydroxyl groups is 1. The van der Waals surface area contributed by atoms with E-state index in [0.29, 0.717) is 12.0 Å². The minimum Gasteiger partial charge on any atom is -0.395 e. The number of hydrogen-bond acceptors (Lipinski definition) is 5. The Morgan fingerprint density at radius 3 is 2.78 bits per heavy atom. The number of benzene rings is 1. The van der Waals surface area contributed by atoms with Crippen LogP contribution in [0.4, 0.5) is 5.82 Å². The van der Waals surface area contributed by atoms with Crippen LogP contribution in [-0.4, -0.2) is 32.4 Å². The molecule has 2 N–H and O–H groups in total. The van der Waals surface area contributed by atoms with Crippen LogP contribution in [0.1, 0.15) is 22.2 Å². The van der Waals surface area contributed by atoms with Crippen molar-refractivity contribution in [3.05, 3.63) is 65.1 Å². The Morgan fingerprint density at radius 1 is 1.35 bits per heavy atom. The first-order valence-electron chi connectivity index (χ1n) is 7.22. The van der Waals surface area contributed by atoms with Crippen molar-refractivity contribution in [1.29, 1.82) is 0 Å². The highest BCUT2D eigenvalue weighted by Gasteiger charge is 2.27. The molecule has 1 aliphatic heterocycles. The van der Waals surface area contributed by atoms with Gasteiger partial charge in [0.05, 0.1) is 12.0 Å². The summed E-state index contributed by atoms with van der Waals surface area (Å²) in [6.07, 6.45) is 4.32. The highest BCUT2D eigenvalue weighted by Crippen LogP contribution is 2.39. The zero-order chi connectivity index (χ0) is 16.2. The van der Waals surface area contributed by atoms with Crippen LogP contribution in [0.5, 0.6) is 0 Å². The number of nitrogens with one attached hydrogen (secondary N) is 1. The average Bonchev–Trinajstić information content (AvgIpc) is 3.04. The number of amides is 1. The molecule has 0 bridgehead atoms. The Kier molecular flexibility index (Phi) is 4.78. The molecule has 2 heterocycles. The number of carbonyl (C=O) groups excluding carboxylic acids is 1. The lowest BCUT2D eigenvalue weighted by Crippen LogP contribution is -2.26. The van der Waals surface area contributed by atoms with Gasteiger partial charge in [-0.25, -0.2) is 4.79 Å². The lowest BCUT2D eigenvalue weighted by Gasteiger charge is -2.13. The zero-order valence-electron chi connectivity index (χ0n) is 12.3. The summed E-state index contributed by atoms with van der Waals surface area (Å²) in [7, 11) is 0. The van der Waals surface area contributed by atoms with Crippen molar-refractivity contribution in [3.63, 3.8) is 0 Å². The zero-order valence-corrected chi connectivity index (χ0v) is 13.1. The molecule has 1 aromatic carbocycles. The van der Waals surface area contributed by atoms with Crippen molar-refractivity contribution in [2.45, 2.75) is 17.0 Å². The van der Waals surface area contributed by atoms with Crippen molar-refractivity contribution < 1.29 is 9.90 Å². The molecule has 0 spiro atoms. The fourth-order valence-electron chi connectivity index (χ4n) is 2.36. The minimum atomic E-state index is -0.416. The molecular formula is C16H16N3O3S. The Labute approximate surface area is 137 Å². The van der Waals surface area contributed by atoms with Gasteiger partial charge in [0, 0.05) is 17.0 Å². The molecule has 2 atom stereocenters. The average molecular weight is 330 g/mol. The van der Waals surface area contributed by atoms with Gasteiger partial charge in [0.1, 0.15) is 5.82 Å². The predicted octanol–water partition coefficient (Wildman–Crippen LogP) is 1.70. The molecule has 1 saturated heterocycles. The van der Waals surface area contributed by atoms with Gasteiger partial charge in [-0.15, -0.1) is 11.8 Å². The van der Waals surface area contributed by atoms with E-state index in [-0.39, 0.29) is 29.0 Å². The lowest BCUT2D eigenvalue weighted by atomic mass is 10.2. The largest absolute Gasteiger partial charge is 0.395 e. The summed E-state index contributed by atoms with van der Waals surface area (Å²) in [4.78, 5) is 28.1. The van der Waals surface area contributed by atoms with Gasteiger partial charge in [0.25, 0.3) is 5.91 Å². The van der Waals surface area contributed by atoms with Gasteiger partial charge in [-0.3, -0.25) is 9.36 Å². The van der Waals surface area contributed by atoms with Crippen molar-refractivity contribution >= 4 is 23.5 Å². The number of carbonyl (C=O) groups is 1. The quantitative estimate of drug-likeness (QED) is 0.891. The molecule has 6 nitrogen and oxygen atoms in total. The third-order valence-corrected chi connectivity index (χ3v) is 4.96. The standard InChI is InChI=1S/C16H16N3O3S/c20-10-12-6-7-14(23-12)19-9-8-13(18-16(19)22)17-15(21)11-4-2-1-3-5-11/h1-6,8-9,12,14,20H,7,10H2,(H,17,18,21,22)/t12-,14-/m1/s1. The van der Waals surface area contributed by atoms with Crippen LogP contribution in [0.15, 0.2) is 47.4 Å². The maximum atomic E-state index is 12.2. The van der Waals surface area contributed by atoms with E-state index in [9.17, 15) is 9.59 Å². The minimum absolute atomic E-state index is 0.0457. The molecule has 1 amide bonds. The topological polar surface area (TPSA) is 84.2 Å². The SMILES string of the molecule is O=C(Nc1ccn([C@H]2C[CH][C@H](CO)S2)c(=O)n1)c1ccccc1. The fraction of sp³-hybridized carbons (Fsp3) is 0.250. The predicted molar refractivity (Wildman–Crippen MR) is 89.3 cm³/mol. The summed E-state index contributed by atoms with van der Waals surface area (Å²) in [5.41, 5.74) is 0.0885. The van der Waals surface area contributed by atoms with Crippen LogP contribution in [-0.2, 0) is 0 Å². The second-order valence-electron chi connectivity index (χ2n) is 5.11. The summed E-state index contributed by atoms with van der Waals surface area (Å²) in [5, 5.41) is 11.7. The maximum Gasteiger partial charge on any atom is 0.350 e. The van der Waals surface area contributed by atoms with Crippen molar-refractivity contribution in [3.8, 4) is 0 Å². The van der Waals surface area contributed by atoms with Crippen molar-refractivity contribution in [1.82, 2.24) is 9.55 Å². The van der Waals surface area contributed by atoms with Gasteiger partial charge in [0.15, 0.2) is 0 Å². The van der Waals surface area contributed by atoms with Gasteiger partial charge in [0.2, 0.25) is 0 Å². The van der Waals surface area contributed by atoms with E-state index >= 15 is 0 Å². The summed E-state index contributed by atoms with van der Waals surface area (Å²) in [6.45, 7) is 0.0640. The van der Waals surface area contributed by atoms with E-state index in [4.69, 9.17) is 5.11 Å². The van der Waals surface area contributed by atoms with E-state index in [1.807, 2.05) is 12.5 Å². The molecule has 2 aromatic rings. The third-order valence-electron chi connectivity index (χ3n) is 3.53. The van der Waals surface area contributed by atoms with Gasteiger partial charge >= 0.3 is 5.69 Å². The Hall–Kier alpha value is -2.12. The molecule has 0 saturated carbocycles. The molecule has 0 aliphatic carbocycles. The molecule has 0 unspecified atom stereocenters. The second kappa shape index (κ2) is 6.97. The van der Waals surface area contributed by atoms with Crippen molar-refractivity contribution in [2.24, 2.45) is 0 Å². The normalized spacial score (nSPS) is 20.4.